The van der Waals surface area contributed by atoms with E-state index in [1.165, 1.54) is 30.5 Å². The van der Waals surface area contributed by atoms with Gasteiger partial charge in [0.25, 0.3) is 15.9 Å². The van der Waals surface area contributed by atoms with Crippen molar-refractivity contribution in [2.75, 3.05) is 0 Å². The fourth-order valence-electron chi connectivity index (χ4n) is 1.93. The maximum atomic E-state index is 12.3. The number of nitrogens with one attached hydrogen (secondary N) is 2. The Balaban J connectivity index is 1.91. The maximum absolute atomic E-state index is 12.3. The number of carbonyl (C=O) groups is 1. The van der Waals surface area contributed by atoms with Crippen molar-refractivity contribution in [3.63, 3.8) is 0 Å². The topological polar surface area (TPSA) is 109 Å². The average molecular weight is 349 g/mol. The number of nitrogens with zero attached hydrogens (tertiary/aromatic N) is 1. The van der Waals surface area contributed by atoms with Crippen LogP contribution in [-0.2, 0) is 10.0 Å². The summed E-state index contributed by atoms with van der Waals surface area (Å²) in [5.74, 6) is -0.813. The molecule has 2 N–H and O–H groups in total. The van der Waals surface area contributed by atoms with Gasteiger partial charge in [-0.1, -0.05) is 17.4 Å². The van der Waals surface area contributed by atoms with E-state index in [-0.39, 0.29) is 15.5 Å². The number of carbonyl (C=O) groups excluding carboxylic acids is 1. The van der Waals surface area contributed by atoms with E-state index in [1.807, 2.05) is 11.6 Å². The lowest BCUT2D eigenvalue weighted by molar-refractivity contribution is 0.0976. The molecule has 118 valence electrons. The standard InChI is InChI=1S/C14H11N3O4S2/c1-8-2-4-11(15-7-8)13(18)17-23(20,21)9-3-5-10-12(6-9)22-14(19)16-10/h2-7H,1H3,(H,16,19)(H,17,18). The number of amides is 1. The van der Waals surface area contributed by atoms with Crippen molar-refractivity contribution in [3.05, 3.63) is 57.5 Å². The van der Waals surface area contributed by atoms with E-state index in [2.05, 4.69) is 9.97 Å². The minimum absolute atomic E-state index is 0.00607. The summed E-state index contributed by atoms with van der Waals surface area (Å²) >= 11 is 0.899. The predicted octanol–water partition coefficient (Wildman–Crippen LogP) is 1.41. The summed E-state index contributed by atoms with van der Waals surface area (Å²) in [6, 6.07) is 7.26. The molecule has 3 aromatic rings. The zero-order valence-corrected chi connectivity index (χ0v) is 13.5. The van der Waals surface area contributed by atoms with Crippen molar-refractivity contribution in [3.8, 4) is 0 Å². The Morgan fingerprint density at radius 3 is 2.74 bits per heavy atom. The number of hydrogen-bond donors (Lipinski definition) is 2. The Bertz CT molecular complexity index is 1050. The summed E-state index contributed by atoms with van der Waals surface area (Å²) in [5, 5.41) is 0. The Kier molecular flexibility index (Phi) is 3.74. The SMILES string of the molecule is Cc1ccc(C(=O)NS(=O)(=O)c2ccc3[nH]c(=O)sc3c2)nc1. The van der Waals surface area contributed by atoms with E-state index >= 15 is 0 Å². The monoisotopic (exact) mass is 349 g/mol. The lowest BCUT2D eigenvalue weighted by atomic mass is 10.3. The minimum Gasteiger partial charge on any atom is -0.312 e. The third-order valence-corrected chi connectivity index (χ3v) is 5.25. The highest BCUT2D eigenvalue weighted by Crippen LogP contribution is 2.19. The van der Waals surface area contributed by atoms with Crippen molar-refractivity contribution in [2.24, 2.45) is 0 Å². The molecule has 7 nitrogen and oxygen atoms in total. The molecule has 2 aromatic heterocycles. The molecule has 0 atom stereocenters. The van der Waals surface area contributed by atoms with E-state index in [0.29, 0.717) is 10.2 Å². The normalized spacial score (nSPS) is 11.5. The van der Waals surface area contributed by atoms with E-state index in [9.17, 15) is 18.0 Å². The Hall–Kier alpha value is -2.52. The number of hydrogen-bond acceptors (Lipinski definition) is 6. The third kappa shape index (κ3) is 3.15. The van der Waals surface area contributed by atoms with Crippen molar-refractivity contribution >= 4 is 37.5 Å². The molecule has 0 unspecified atom stereocenters. The number of fused-ring (bicyclic) bond motifs is 1. The van der Waals surface area contributed by atoms with Crippen LogP contribution in [0.5, 0.6) is 0 Å². The van der Waals surface area contributed by atoms with Crippen LogP contribution in [0.1, 0.15) is 16.1 Å². The summed E-state index contributed by atoms with van der Waals surface area (Å²) < 4.78 is 27.0. The van der Waals surface area contributed by atoms with Crippen LogP contribution in [-0.4, -0.2) is 24.3 Å². The second kappa shape index (κ2) is 5.60. The summed E-state index contributed by atoms with van der Waals surface area (Å²) in [6.07, 6.45) is 1.48. The Morgan fingerprint density at radius 2 is 2.04 bits per heavy atom. The van der Waals surface area contributed by atoms with Gasteiger partial charge in [-0.3, -0.25) is 14.6 Å². The van der Waals surface area contributed by atoms with Crippen LogP contribution in [0.4, 0.5) is 0 Å². The van der Waals surface area contributed by atoms with Gasteiger partial charge in [0.05, 0.1) is 15.1 Å². The van der Waals surface area contributed by atoms with E-state index < -0.39 is 15.9 Å². The number of rotatable bonds is 3. The molecule has 0 aliphatic rings. The highest BCUT2D eigenvalue weighted by atomic mass is 32.2. The lowest BCUT2D eigenvalue weighted by Crippen LogP contribution is -2.31. The van der Waals surface area contributed by atoms with Gasteiger partial charge in [0.1, 0.15) is 5.69 Å². The minimum atomic E-state index is -4.05. The van der Waals surface area contributed by atoms with Crippen LogP contribution in [0.2, 0.25) is 0 Å². The molecule has 9 heteroatoms. The van der Waals surface area contributed by atoms with Crippen molar-refractivity contribution in [1.29, 1.82) is 0 Å². The molecule has 0 fully saturated rings. The van der Waals surface area contributed by atoms with Gasteiger partial charge in [0.2, 0.25) is 0 Å². The molecule has 1 aromatic carbocycles. The second-order valence-corrected chi connectivity index (χ2v) is 7.53. The summed E-state index contributed by atoms with van der Waals surface area (Å²) in [7, 11) is -4.05. The van der Waals surface area contributed by atoms with Crippen LogP contribution < -0.4 is 9.60 Å². The fourth-order valence-corrected chi connectivity index (χ4v) is 3.77. The molecule has 0 saturated carbocycles. The molecule has 1 amide bonds. The second-order valence-electron chi connectivity index (χ2n) is 4.83. The van der Waals surface area contributed by atoms with Gasteiger partial charge in [-0.25, -0.2) is 13.1 Å². The molecule has 0 bridgehead atoms. The van der Waals surface area contributed by atoms with Gasteiger partial charge in [0, 0.05) is 6.20 Å². The predicted molar refractivity (Wildman–Crippen MR) is 86.1 cm³/mol. The number of aryl methyl sites for hydroxylation is 1. The van der Waals surface area contributed by atoms with Crippen LogP contribution in [0.3, 0.4) is 0 Å². The third-order valence-electron chi connectivity index (χ3n) is 3.07. The van der Waals surface area contributed by atoms with Crippen LogP contribution in [0.25, 0.3) is 10.2 Å². The van der Waals surface area contributed by atoms with Crippen molar-refractivity contribution in [1.82, 2.24) is 14.7 Å². The Labute approximate surface area is 135 Å². The summed E-state index contributed by atoms with van der Waals surface area (Å²) in [6.45, 7) is 1.81. The van der Waals surface area contributed by atoms with Crippen LogP contribution in [0.15, 0.2) is 46.2 Å². The van der Waals surface area contributed by atoms with E-state index in [4.69, 9.17) is 0 Å². The average Bonchev–Trinajstić information content (AvgIpc) is 2.86. The molecule has 0 saturated heterocycles. The van der Waals surface area contributed by atoms with E-state index in [1.54, 1.807) is 6.07 Å². The largest absolute Gasteiger partial charge is 0.312 e. The van der Waals surface area contributed by atoms with Gasteiger partial charge >= 0.3 is 4.87 Å². The van der Waals surface area contributed by atoms with Gasteiger partial charge in [-0.15, -0.1) is 0 Å². The molecule has 0 aliphatic carbocycles. The zero-order valence-electron chi connectivity index (χ0n) is 11.9. The number of H-pyrrole nitrogens is 1. The van der Waals surface area contributed by atoms with Gasteiger partial charge < -0.3 is 4.98 Å². The van der Waals surface area contributed by atoms with Gasteiger partial charge in [-0.05, 0) is 36.8 Å². The first-order valence-corrected chi connectivity index (χ1v) is 8.78. The molecule has 0 spiro atoms. The zero-order chi connectivity index (χ0) is 16.6. The number of aromatic amines is 1. The first-order valence-electron chi connectivity index (χ1n) is 6.48. The maximum Gasteiger partial charge on any atom is 0.305 e. The molecule has 0 radical (unpaired) electrons. The van der Waals surface area contributed by atoms with Gasteiger partial charge in [0.15, 0.2) is 0 Å². The number of sulfonamides is 1. The van der Waals surface area contributed by atoms with Crippen LogP contribution in [0, 0.1) is 6.92 Å². The van der Waals surface area contributed by atoms with E-state index in [0.717, 1.165) is 16.9 Å². The number of pyridine rings is 1. The van der Waals surface area contributed by atoms with Crippen molar-refractivity contribution < 1.29 is 13.2 Å². The number of aromatic nitrogens is 2. The molecular formula is C14H11N3O4S2. The fraction of sp³-hybridized carbons (Fsp3) is 0.0714. The quantitative estimate of drug-likeness (QED) is 0.743. The first-order chi connectivity index (χ1) is 10.8. The Morgan fingerprint density at radius 1 is 1.26 bits per heavy atom. The number of benzene rings is 1. The molecular weight excluding hydrogens is 338 g/mol. The lowest BCUT2D eigenvalue weighted by Gasteiger charge is -2.06. The molecule has 3 rings (SSSR count). The summed E-state index contributed by atoms with van der Waals surface area (Å²) in [4.78, 5) is 29.4. The smallest absolute Gasteiger partial charge is 0.305 e. The molecule has 0 aliphatic heterocycles. The first kappa shape index (κ1) is 15.4. The summed E-state index contributed by atoms with van der Waals surface area (Å²) in [5.41, 5.74) is 1.41. The highest BCUT2D eigenvalue weighted by molar-refractivity contribution is 7.90. The molecule has 2 heterocycles. The highest BCUT2D eigenvalue weighted by Gasteiger charge is 2.20. The molecule has 23 heavy (non-hydrogen) atoms. The number of thiazole rings is 1. The van der Waals surface area contributed by atoms with Crippen molar-refractivity contribution in [2.45, 2.75) is 11.8 Å². The van der Waals surface area contributed by atoms with Gasteiger partial charge in [-0.2, -0.15) is 0 Å². The van der Waals surface area contributed by atoms with Crippen LogP contribution >= 0.6 is 11.3 Å².